The maximum absolute atomic E-state index is 10.2. The fraction of sp³-hybridized carbons (Fsp3) is 0.200. The molecule has 1 aliphatic rings. The third-order valence-electron chi connectivity index (χ3n) is 3.91. The molecule has 24 heavy (non-hydrogen) atoms. The van der Waals surface area contributed by atoms with E-state index in [4.69, 9.17) is 10.5 Å². The third-order valence-corrected chi connectivity index (χ3v) is 4.82. The van der Waals surface area contributed by atoms with Crippen LogP contribution in [0.3, 0.4) is 0 Å². The lowest BCUT2D eigenvalue weighted by atomic mass is 10.2. The Morgan fingerprint density at radius 3 is 2.88 bits per heavy atom. The molecule has 0 saturated carbocycles. The van der Waals surface area contributed by atoms with Crippen molar-refractivity contribution in [3.05, 3.63) is 35.8 Å². The summed E-state index contributed by atoms with van der Waals surface area (Å²) in [5, 5.41) is 32.0. The van der Waals surface area contributed by atoms with Gasteiger partial charge in [0.15, 0.2) is 23.6 Å². The van der Waals surface area contributed by atoms with Crippen molar-refractivity contribution < 1.29 is 20.1 Å². The normalized spacial score (nSPS) is 20.8. The fourth-order valence-corrected chi connectivity index (χ4v) is 3.49. The molecule has 0 fully saturated rings. The van der Waals surface area contributed by atoms with E-state index in [1.165, 1.54) is 22.2 Å². The molecule has 0 spiro atoms. The predicted octanol–water partition coefficient (Wildman–Crippen LogP) is 1.18. The Bertz CT molecular complexity index is 935. The highest BCUT2D eigenvalue weighted by atomic mass is 32.1. The molecule has 3 aromatic heterocycles. The van der Waals surface area contributed by atoms with Crippen molar-refractivity contribution in [1.82, 2.24) is 14.5 Å². The van der Waals surface area contributed by atoms with Gasteiger partial charge in [-0.05, 0) is 11.4 Å². The average molecular weight is 346 g/mol. The van der Waals surface area contributed by atoms with Gasteiger partial charge >= 0.3 is 0 Å². The zero-order chi connectivity index (χ0) is 16.8. The van der Waals surface area contributed by atoms with Crippen molar-refractivity contribution in [2.45, 2.75) is 12.2 Å². The quantitative estimate of drug-likeness (QED) is 0.561. The molecule has 0 saturated heterocycles. The van der Waals surface area contributed by atoms with E-state index >= 15 is 0 Å². The van der Waals surface area contributed by atoms with E-state index < -0.39 is 18.8 Å². The topological polar surface area (TPSA) is 127 Å². The van der Waals surface area contributed by atoms with Crippen LogP contribution in [0.5, 0.6) is 0 Å². The number of nitrogens with two attached hydrogens (primary N) is 1. The van der Waals surface area contributed by atoms with Gasteiger partial charge in [0.05, 0.1) is 12.0 Å². The summed E-state index contributed by atoms with van der Waals surface area (Å²) in [5.41, 5.74) is 7.26. The molecule has 4 rings (SSSR count). The SMILES string of the molecule is Nc1ncnc2c1c(-c1cccs1)cn2C1=C(O)C(O)[C@@H](CO)O1. The largest absolute Gasteiger partial charge is 0.505 e. The zero-order valence-corrected chi connectivity index (χ0v) is 13.1. The molecule has 0 bridgehead atoms. The van der Waals surface area contributed by atoms with E-state index in [0.717, 1.165) is 10.4 Å². The summed E-state index contributed by atoms with van der Waals surface area (Å²) in [6.45, 7) is -0.428. The third kappa shape index (κ3) is 2.06. The first-order chi connectivity index (χ1) is 11.6. The second-order valence-corrected chi connectivity index (χ2v) is 6.27. The molecule has 5 N–H and O–H groups in total. The number of nitrogens with zero attached hydrogens (tertiary/aromatic N) is 3. The van der Waals surface area contributed by atoms with Gasteiger partial charge < -0.3 is 25.8 Å². The van der Waals surface area contributed by atoms with Crippen molar-refractivity contribution in [3.63, 3.8) is 0 Å². The van der Waals surface area contributed by atoms with E-state index in [0.29, 0.717) is 16.9 Å². The molecule has 2 atom stereocenters. The lowest BCUT2D eigenvalue weighted by molar-refractivity contribution is 0.0140. The number of hydrogen-bond donors (Lipinski definition) is 4. The van der Waals surface area contributed by atoms with E-state index in [1.54, 1.807) is 6.20 Å². The minimum absolute atomic E-state index is 0.0208. The van der Waals surface area contributed by atoms with Gasteiger partial charge in [-0.25, -0.2) is 9.97 Å². The van der Waals surface area contributed by atoms with Crippen LogP contribution in [-0.2, 0) is 4.74 Å². The molecule has 1 unspecified atom stereocenters. The van der Waals surface area contributed by atoms with Gasteiger partial charge in [0, 0.05) is 16.6 Å². The number of rotatable bonds is 3. The monoisotopic (exact) mass is 346 g/mol. The van der Waals surface area contributed by atoms with E-state index in [9.17, 15) is 15.3 Å². The second kappa shape index (κ2) is 5.48. The first-order valence-electron chi connectivity index (χ1n) is 7.16. The minimum Gasteiger partial charge on any atom is -0.505 e. The standard InChI is InChI=1S/C15H14N4O4S/c16-13-10-7(9-2-1-3-24-9)4-19(14(10)18-6-17-13)15-12(22)11(21)8(5-20)23-15/h1-4,6,8,11,20-22H,5H2,(H2,16,17,18)/t8-,11?/m1/s1. The van der Waals surface area contributed by atoms with Crippen LogP contribution in [0.1, 0.15) is 0 Å². The van der Waals surface area contributed by atoms with Gasteiger partial charge in [-0.1, -0.05) is 6.07 Å². The number of ether oxygens (including phenoxy) is 1. The molecule has 1 aliphatic heterocycles. The number of fused-ring (bicyclic) bond motifs is 1. The van der Waals surface area contributed by atoms with Crippen LogP contribution >= 0.6 is 11.3 Å². The Hall–Kier alpha value is -2.62. The molecule has 0 radical (unpaired) electrons. The molecular weight excluding hydrogens is 332 g/mol. The van der Waals surface area contributed by atoms with Gasteiger partial charge in [-0.15, -0.1) is 11.3 Å². The number of aliphatic hydroxyl groups excluding tert-OH is 3. The molecule has 9 heteroatoms. The summed E-state index contributed by atoms with van der Waals surface area (Å²) in [6, 6.07) is 3.85. The number of aliphatic hydroxyl groups is 3. The maximum Gasteiger partial charge on any atom is 0.241 e. The molecule has 0 aliphatic carbocycles. The summed E-state index contributed by atoms with van der Waals surface area (Å²) < 4.78 is 7.01. The average Bonchev–Trinajstić information content (AvgIpc) is 3.28. The highest BCUT2D eigenvalue weighted by molar-refractivity contribution is 7.13. The number of aromatic nitrogens is 3. The fourth-order valence-electron chi connectivity index (χ4n) is 2.75. The van der Waals surface area contributed by atoms with Crippen molar-refractivity contribution in [1.29, 1.82) is 0 Å². The van der Waals surface area contributed by atoms with Crippen molar-refractivity contribution in [2.24, 2.45) is 0 Å². The first-order valence-corrected chi connectivity index (χ1v) is 8.04. The summed E-state index contributed by atoms with van der Waals surface area (Å²) in [7, 11) is 0. The zero-order valence-electron chi connectivity index (χ0n) is 12.3. The Morgan fingerprint density at radius 2 is 2.21 bits per heavy atom. The van der Waals surface area contributed by atoms with Gasteiger partial charge in [0.1, 0.15) is 12.1 Å². The first kappa shape index (κ1) is 14.9. The van der Waals surface area contributed by atoms with Gasteiger partial charge in [0.2, 0.25) is 5.88 Å². The van der Waals surface area contributed by atoms with Crippen LogP contribution in [0.2, 0.25) is 0 Å². The summed E-state index contributed by atoms with van der Waals surface area (Å²) in [6.07, 6.45) is 0.812. The molecular formula is C15H14N4O4S. The summed E-state index contributed by atoms with van der Waals surface area (Å²) >= 11 is 1.53. The van der Waals surface area contributed by atoms with Crippen LogP contribution < -0.4 is 5.73 Å². The number of anilines is 1. The predicted molar refractivity (Wildman–Crippen MR) is 89.1 cm³/mol. The van der Waals surface area contributed by atoms with Crippen LogP contribution in [-0.4, -0.2) is 48.7 Å². The highest BCUT2D eigenvalue weighted by Gasteiger charge is 2.37. The Kier molecular flexibility index (Phi) is 3.41. The molecule has 0 amide bonds. The molecule has 4 heterocycles. The minimum atomic E-state index is -1.30. The number of thiophene rings is 1. The number of hydrogen-bond acceptors (Lipinski definition) is 8. The molecule has 0 aromatic carbocycles. The summed E-state index contributed by atoms with van der Waals surface area (Å²) in [5.74, 6) is -0.0344. The van der Waals surface area contributed by atoms with Crippen LogP contribution in [0.25, 0.3) is 27.4 Å². The smallest absolute Gasteiger partial charge is 0.241 e. The lowest BCUT2D eigenvalue weighted by Gasteiger charge is -2.12. The molecule has 3 aromatic rings. The number of nitrogen functional groups attached to an aromatic ring is 1. The Balaban J connectivity index is 1.97. The van der Waals surface area contributed by atoms with Gasteiger partial charge in [-0.2, -0.15) is 0 Å². The van der Waals surface area contributed by atoms with E-state index in [-0.39, 0.29) is 11.6 Å². The lowest BCUT2D eigenvalue weighted by Crippen LogP contribution is -2.27. The Morgan fingerprint density at radius 1 is 1.38 bits per heavy atom. The Labute approximate surface area is 140 Å². The molecule has 8 nitrogen and oxygen atoms in total. The van der Waals surface area contributed by atoms with Gasteiger partial charge in [-0.3, -0.25) is 4.57 Å². The molecule has 124 valence electrons. The second-order valence-electron chi connectivity index (χ2n) is 5.32. The van der Waals surface area contributed by atoms with Crippen LogP contribution in [0.4, 0.5) is 5.82 Å². The van der Waals surface area contributed by atoms with Crippen molar-refractivity contribution >= 4 is 34.1 Å². The van der Waals surface area contributed by atoms with E-state index in [2.05, 4.69) is 9.97 Å². The van der Waals surface area contributed by atoms with Crippen LogP contribution in [0, 0.1) is 0 Å². The summed E-state index contributed by atoms with van der Waals surface area (Å²) in [4.78, 5) is 9.22. The van der Waals surface area contributed by atoms with E-state index in [1.807, 2.05) is 17.5 Å². The van der Waals surface area contributed by atoms with Crippen molar-refractivity contribution in [3.8, 4) is 10.4 Å². The van der Waals surface area contributed by atoms with Crippen LogP contribution in [0.15, 0.2) is 35.8 Å². The highest BCUT2D eigenvalue weighted by Crippen LogP contribution is 2.38. The van der Waals surface area contributed by atoms with Crippen molar-refractivity contribution in [2.75, 3.05) is 12.3 Å². The maximum atomic E-state index is 10.2. The van der Waals surface area contributed by atoms with Gasteiger partial charge in [0.25, 0.3) is 0 Å².